The molecule has 1 aliphatic carbocycles. The summed E-state index contributed by atoms with van der Waals surface area (Å²) in [6, 6.07) is 0. The van der Waals surface area contributed by atoms with Gasteiger partial charge in [-0.2, -0.15) is 0 Å². The zero-order chi connectivity index (χ0) is 15.5. The van der Waals surface area contributed by atoms with Crippen molar-refractivity contribution in [3.63, 3.8) is 0 Å². The van der Waals surface area contributed by atoms with E-state index < -0.39 is 0 Å². The van der Waals surface area contributed by atoms with Gasteiger partial charge in [0, 0.05) is 19.0 Å². The maximum Gasteiger partial charge on any atom is 0.225 e. The molecule has 0 aliphatic heterocycles. The maximum absolute atomic E-state index is 12.0. The maximum atomic E-state index is 12.0. The number of unbranched alkanes of at least 4 members (excludes halogenated alkanes) is 3. The van der Waals surface area contributed by atoms with Crippen LogP contribution < -0.4 is 0 Å². The van der Waals surface area contributed by atoms with Gasteiger partial charge in [0.2, 0.25) is 5.91 Å². The first-order valence-electron chi connectivity index (χ1n) is 9.12. The summed E-state index contributed by atoms with van der Waals surface area (Å²) in [5.74, 6) is 1.48. The Hall–Kier alpha value is -0.790. The van der Waals surface area contributed by atoms with Crippen LogP contribution in [-0.2, 0) is 4.79 Å². The van der Waals surface area contributed by atoms with E-state index in [1.807, 2.05) is 0 Å². The Morgan fingerprint density at radius 1 is 1.14 bits per heavy atom. The standard InChI is InChI=1S/C19H35NO/c1-4-6-7-8-9-10-11-12-17(3)15-16-20(5-2)19(21)18-13-14-18/h9-10,17-18H,4-8,11-16H2,1-3H3/b10-9-. The minimum absolute atomic E-state index is 0.367. The second-order valence-corrected chi connectivity index (χ2v) is 6.63. The molecule has 0 bridgehead atoms. The van der Waals surface area contributed by atoms with Crippen LogP contribution in [0.1, 0.15) is 78.6 Å². The molecule has 1 fully saturated rings. The minimum atomic E-state index is 0.367. The van der Waals surface area contributed by atoms with Crippen LogP contribution in [0.4, 0.5) is 0 Å². The topological polar surface area (TPSA) is 20.3 Å². The summed E-state index contributed by atoms with van der Waals surface area (Å²) in [5.41, 5.74) is 0. The number of carbonyl (C=O) groups excluding carboxylic acids is 1. The van der Waals surface area contributed by atoms with E-state index in [1.165, 1.54) is 38.5 Å². The van der Waals surface area contributed by atoms with E-state index in [0.717, 1.165) is 32.4 Å². The van der Waals surface area contributed by atoms with Crippen molar-refractivity contribution < 1.29 is 4.79 Å². The second kappa shape index (κ2) is 10.9. The van der Waals surface area contributed by atoms with E-state index in [1.54, 1.807) is 0 Å². The van der Waals surface area contributed by atoms with Gasteiger partial charge in [-0.1, -0.05) is 38.8 Å². The molecule has 1 rings (SSSR count). The third-order valence-corrected chi connectivity index (χ3v) is 4.48. The molecule has 2 nitrogen and oxygen atoms in total. The molecule has 0 aromatic carbocycles. The number of rotatable bonds is 12. The quantitative estimate of drug-likeness (QED) is 0.358. The molecule has 0 radical (unpaired) electrons. The van der Waals surface area contributed by atoms with Crippen LogP contribution >= 0.6 is 0 Å². The highest BCUT2D eigenvalue weighted by atomic mass is 16.2. The van der Waals surface area contributed by atoms with Crippen LogP contribution in [0.15, 0.2) is 12.2 Å². The molecule has 1 unspecified atom stereocenters. The Morgan fingerprint density at radius 3 is 2.48 bits per heavy atom. The minimum Gasteiger partial charge on any atom is -0.343 e. The lowest BCUT2D eigenvalue weighted by molar-refractivity contribution is -0.132. The average molecular weight is 293 g/mol. The molecule has 1 aliphatic rings. The highest BCUT2D eigenvalue weighted by Gasteiger charge is 2.32. The van der Waals surface area contributed by atoms with E-state index in [2.05, 4.69) is 37.8 Å². The van der Waals surface area contributed by atoms with Gasteiger partial charge in [0.05, 0.1) is 0 Å². The van der Waals surface area contributed by atoms with Crippen LogP contribution in [0.5, 0.6) is 0 Å². The number of hydrogen-bond donors (Lipinski definition) is 0. The average Bonchev–Trinajstić information content (AvgIpc) is 3.31. The highest BCUT2D eigenvalue weighted by Crippen LogP contribution is 2.31. The lowest BCUT2D eigenvalue weighted by Gasteiger charge is -2.22. The van der Waals surface area contributed by atoms with Crippen LogP contribution in [-0.4, -0.2) is 23.9 Å². The second-order valence-electron chi connectivity index (χ2n) is 6.63. The van der Waals surface area contributed by atoms with E-state index in [0.29, 0.717) is 17.7 Å². The lowest BCUT2D eigenvalue weighted by atomic mass is 10.0. The van der Waals surface area contributed by atoms with Crippen molar-refractivity contribution in [3.05, 3.63) is 12.2 Å². The van der Waals surface area contributed by atoms with Gasteiger partial charge in [-0.25, -0.2) is 0 Å². The molecule has 0 aromatic heterocycles. The molecule has 1 amide bonds. The van der Waals surface area contributed by atoms with Crippen molar-refractivity contribution in [2.24, 2.45) is 11.8 Å². The Bertz CT molecular complexity index is 307. The third kappa shape index (κ3) is 8.28. The van der Waals surface area contributed by atoms with Crippen molar-refractivity contribution in [2.75, 3.05) is 13.1 Å². The van der Waals surface area contributed by atoms with Gasteiger partial charge in [0.25, 0.3) is 0 Å². The molecule has 0 aromatic rings. The molecular formula is C19H35NO. The normalized spacial score (nSPS) is 16.3. The zero-order valence-electron chi connectivity index (χ0n) is 14.4. The monoisotopic (exact) mass is 293 g/mol. The molecule has 122 valence electrons. The first kappa shape index (κ1) is 18.3. The molecule has 0 spiro atoms. The van der Waals surface area contributed by atoms with Crippen LogP contribution in [0, 0.1) is 11.8 Å². The summed E-state index contributed by atoms with van der Waals surface area (Å²) in [7, 11) is 0. The van der Waals surface area contributed by atoms with Gasteiger partial charge in [-0.15, -0.1) is 0 Å². The van der Waals surface area contributed by atoms with Gasteiger partial charge < -0.3 is 4.90 Å². The molecule has 1 atom stereocenters. The summed E-state index contributed by atoms with van der Waals surface area (Å²) in [4.78, 5) is 14.1. The van der Waals surface area contributed by atoms with E-state index >= 15 is 0 Å². The number of amides is 1. The van der Waals surface area contributed by atoms with Crippen molar-refractivity contribution >= 4 is 5.91 Å². The predicted octanol–water partition coefficient (Wildman–Crippen LogP) is 5.19. The Balaban J connectivity index is 2.06. The third-order valence-electron chi connectivity index (χ3n) is 4.48. The van der Waals surface area contributed by atoms with E-state index in [-0.39, 0.29) is 0 Å². The Morgan fingerprint density at radius 2 is 1.86 bits per heavy atom. The van der Waals surface area contributed by atoms with Crippen molar-refractivity contribution in [1.82, 2.24) is 4.90 Å². The van der Waals surface area contributed by atoms with Crippen LogP contribution in [0.3, 0.4) is 0 Å². The fourth-order valence-electron chi connectivity index (χ4n) is 2.66. The van der Waals surface area contributed by atoms with E-state index in [9.17, 15) is 4.79 Å². The van der Waals surface area contributed by atoms with Gasteiger partial charge in [0.15, 0.2) is 0 Å². The Kier molecular flexibility index (Phi) is 9.45. The predicted molar refractivity (Wildman–Crippen MR) is 91.3 cm³/mol. The summed E-state index contributed by atoms with van der Waals surface area (Å²) in [6.07, 6.45) is 15.7. The van der Waals surface area contributed by atoms with Crippen molar-refractivity contribution in [1.29, 1.82) is 0 Å². The summed E-state index contributed by atoms with van der Waals surface area (Å²) < 4.78 is 0. The molecular weight excluding hydrogens is 258 g/mol. The fourth-order valence-corrected chi connectivity index (χ4v) is 2.66. The number of allylic oxidation sites excluding steroid dienone is 2. The van der Waals surface area contributed by atoms with Crippen molar-refractivity contribution in [3.8, 4) is 0 Å². The molecule has 0 heterocycles. The molecule has 2 heteroatoms. The van der Waals surface area contributed by atoms with Crippen LogP contribution in [0.25, 0.3) is 0 Å². The van der Waals surface area contributed by atoms with Crippen LogP contribution in [0.2, 0.25) is 0 Å². The van der Waals surface area contributed by atoms with Gasteiger partial charge in [0.1, 0.15) is 0 Å². The van der Waals surface area contributed by atoms with Gasteiger partial charge >= 0.3 is 0 Å². The van der Waals surface area contributed by atoms with Gasteiger partial charge in [-0.05, 0) is 57.8 Å². The van der Waals surface area contributed by atoms with Crippen molar-refractivity contribution in [2.45, 2.75) is 78.6 Å². The highest BCUT2D eigenvalue weighted by molar-refractivity contribution is 5.80. The molecule has 1 saturated carbocycles. The van der Waals surface area contributed by atoms with Gasteiger partial charge in [-0.3, -0.25) is 4.79 Å². The lowest BCUT2D eigenvalue weighted by Crippen LogP contribution is -2.33. The molecule has 0 N–H and O–H groups in total. The molecule has 0 saturated heterocycles. The van der Waals surface area contributed by atoms with E-state index in [4.69, 9.17) is 0 Å². The number of carbonyl (C=O) groups is 1. The fraction of sp³-hybridized carbons (Fsp3) is 0.842. The summed E-state index contributed by atoms with van der Waals surface area (Å²) in [6.45, 7) is 8.50. The largest absolute Gasteiger partial charge is 0.343 e. The molecule has 21 heavy (non-hydrogen) atoms. The first-order chi connectivity index (χ1) is 10.2. The summed E-state index contributed by atoms with van der Waals surface area (Å²) in [5, 5.41) is 0. The Labute approximate surface area is 132 Å². The number of hydrogen-bond acceptors (Lipinski definition) is 1. The first-order valence-corrected chi connectivity index (χ1v) is 9.12. The number of nitrogens with zero attached hydrogens (tertiary/aromatic N) is 1. The summed E-state index contributed by atoms with van der Waals surface area (Å²) >= 11 is 0. The SMILES string of the molecule is CCCCC/C=C\CCC(C)CCN(CC)C(=O)C1CC1. The zero-order valence-corrected chi connectivity index (χ0v) is 14.4. The smallest absolute Gasteiger partial charge is 0.225 e.